The summed E-state index contributed by atoms with van der Waals surface area (Å²) in [4.78, 5) is 11.2. The van der Waals surface area contributed by atoms with Gasteiger partial charge < -0.3 is 0 Å². The molecule has 120 valence electrons. The first kappa shape index (κ1) is 16.4. The second-order valence-corrected chi connectivity index (χ2v) is 6.46. The van der Waals surface area contributed by atoms with Crippen molar-refractivity contribution in [3.8, 4) is 0 Å². The maximum atomic E-state index is 11.5. The summed E-state index contributed by atoms with van der Waals surface area (Å²) < 4.78 is 0.905. The summed E-state index contributed by atoms with van der Waals surface area (Å²) in [7, 11) is 0. The summed E-state index contributed by atoms with van der Waals surface area (Å²) in [6.45, 7) is 0. The van der Waals surface area contributed by atoms with E-state index in [4.69, 9.17) is 0 Å². The highest BCUT2D eigenvalue weighted by Gasteiger charge is 2.20. The van der Waals surface area contributed by atoms with Gasteiger partial charge in [0.05, 0.1) is 4.92 Å². The number of benzene rings is 3. The molecule has 0 unspecified atom stereocenters. The van der Waals surface area contributed by atoms with E-state index in [-0.39, 0.29) is 10.6 Å². The molecule has 0 fully saturated rings. The second kappa shape index (κ2) is 7.41. The van der Waals surface area contributed by atoms with E-state index in [9.17, 15) is 10.1 Å². The molecule has 0 heterocycles. The number of nitro groups is 1. The normalized spacial score (nSPS) is 10.5. The van der Waals surface area contributed by atoms with Crippen LogP contribution in [0.1, 0.15) is 22.3 Å². The van der Waals surface area contributed by atoms with Crippen molar-refractivity contribution >= 4 is 21.6 Å². The number of halogens is 1. The maximum Gasteiger partial charge on any atom is 0.273 e. The molecule has 3 nitrogen and oxygen atoms in total. The third-order valence-electron chi connectivity index (χ3n) is 3.99. The van der Waals surface area contributed by atoms with Crippen LogP contribution in [0.3, 0.4) is 0 Å². The molecule has 0 N–H and O–H groups in total. The van der Waals surface area contributed by atoms with E-state index in [0.717, 1.165) is 26.7 Å². The molecule has 0 aliphatic rings. The second-order valence-electron chi connectivity index (χ2n) is 5.61. The summed E-state index contributed by atoms with van der Waals surface area (Å²) >= 11 is 3.58. The zero-order valence-electron chi connectivity index (χ0n) is 13.0. The van der Waals surface area contributed by atoms with Crippen LogP contribution in [0.4, 0.5) is 5.69 Å². The van der Waals surface area contributed by atoms with Crippen LogP contribution in [0.15, 0.2) is 77.3 Å². The van der Waals surface area contributed by atoms with E-state index in [1.807, 2.05) is 60.7 Å². The molecule has 0 bridgehead atoms. The molecule has 4 heteroatoms. The highest BCUT2D eigenvalue weighted by atomic mass is 79.9. The first-order valence-electron chi connectivity index (χ1n) is 7.67. The van der Waals surface area contributed by atoms with Crippen LogP contribution in [-0.4, -0.2) is 4.92 Å². The van der Waals surface area contributed by atoms with Crippen molar-refractivity contribution in [2.24, 2.45) is 0 Å². The molecular weight excluding hydrogens is 366 g/mol. The van der Waals surface area contributed by atoms with E-state index in [2.05, 4.69) is 15.9 Å². The summed E-state index contributed by atoms with van der Waals surface area (Å²) in [6.07, 6.45) is 1.20. The average molecular weight is 382 g/mol. The van der Waals surface area contributed by atoms with Crippen LogP contribution in [0, 0.1) is 10.1 Å². The van der Waals surface area contributed by atoms with E-state index in [1.165, 1.54) is 0 Å². The number of hydrogen-bond donors (Lipinski definition) is 0. The van der Waals surface area contributed by atoms with Crippen LogP contribution in [0.2, 0.25) is 0 Å². The summed E-state index contributed by atoms with van der Waals surface area (Å²) in [6, 6.07) is 23.2. The zero-order chi connectivity index (χ0) is 16.9. The molecule has 3 aromatic rings. The molecule has 0 aliphatic heterocycles. The zero-order valence-corrected chi connectivity index (χ0v) is 14.6. The monoisotopic (exact) mass is 381 g/mol. The van der Waals surface area contributed by atoms with Crippen molar-refractivity contribution in [2.75, 3.05) is 0 Å². The van der Waals surface area contributed by atoms with Gasteiger partial charge in [-0.25, -0.2) is 0 Å². The summed E-state index contributed by atoms with van der Waals surface area (Å²) in [5.74, 6) is 0. The highest BCUT2D eigenvalue weighted by Crippen LogP contribution is 2.32. The quantitative estimate of drug-likeness (QED) is 0.430. The Hall–Kier alpha value is -2.46. The largest absolute Gasteiger partial charge is 0.273 e. The van der Waals surface area contributed by atoms with Crippen LogP contribution >= 0.6 is 15.9 Å². The smallest absolute Gasteiger partial charge is 0.258 e. The average Bonchev–Trinajstić information content (AvgIpc) is 2.59. The molecule has 24 heavy (non-hydrogen) atoms. The number of nitro benzene ring substituents is 1. The lowest BCUT2D eigenvalue weighted by Crippen LogP contribution is -2.04. The van der Waals surface area contributed by atoms with Crippen LogP contribution in [0.5, 0.6) is 0 Å². The van der Waals surface area contributed by atoms with E-state index in [0.29, 0.717) is 12.8 Å². The minimum atomic E-state index is -0.292. The molecule has 0 saturated carbocycles. The molecule has 0 aliphatic carbocycles. The lowest BCUT2D eigenvalue weighted by Gasteiger charge is -2.13. The van der Waals surface area contributed by atoms with Gasteiger partial charge in [-0.15, -0.1) is 0 Å². The third-order valence-corrected chi connectivity index (χ3v) is 4.74. The van der Waals surface area contributed by atoms with Crippen molar-refractivity contribution in [1.29, 1.82) is 0 Å². The third kappa shape index (κ3) is 3.71. The molecule has 0 spiro atoms. The van der Waals surface area contributed by atoms with Crippen molar-refractivity contribution in [1.82, 2.24) is 0 Å². The Bertz CT molecular complexity index is 848. The molecule has 3 rings (SSSR count). The van der Waals surface area contributed by atoms with E-state index in [1.54, 1.807) is 12.1 Å². The predicted molar refractivity (Wildman–Crippen MR) is 99.3 cm³/mol. The lowest BCUT2D eigenvalue weighted by atomic mass is 9.94. The van der Waals surface area contributed by atoms with Crippen molar-refractivity contribution in [3.05, 3.63) is 110 Å². The Morgan fingerprint density at radius 1 is 0.750 bits per heavy atom. The molecule has 0 radical (unpaired) electrons. The first-order chi connectivity index (χ1) is 11.6. The van der Waals surface area contributed by atoms with Crippen LogP contribution in [0.25, 0.3) is 0 Å². The molecule has 0 aromatic heterocycles. The van der Waals surface area contributed by atoms with Gasteiger partial charge in [0.2, 0.25) is 0 Å². The van der Waals surface area contributed by atoms with Gasteiger partial charge >= 0.3 is 0 Å². The van der Waals surface area contributed by atoms with Gasteiger partial charge in [-0.05, 0) is 29.2 Å². The molecular formula is C20H16BrNO2. The lowest BCUT2D eigenvalue weighted by molar-refractivity contribution is -0.385. The first-order valence-corrected chi connectivity index (χ1v) is 8.47. The standard InChI is InChI=1S/C20H16BrNO2/c21-19-11-12-20(22(23)24)18(14-16-9-5-2-6-10-16)17(19)13-15-7-3-1-4-8-15/h1-12H,13-14H2. The highest BCUT2D eigenvalue weighted by molar-refractivity contribution is 9.10. The van der Waals surface area contributed by atoms with Crippen molar-refractivity contribution in [3.63, 3.8) is 0 Å². The van der Waals surface area contributed by atoms with Gasteiger partial charge in [0, 0.05) is 22.5 Å². The van der Waals surface area contributed by atoms with Crippen LogP contribution in [-0.2, 0) is 12.8 Å². The van der Waals surface area contributed by atoms with Gasteiger partial charge in [0.15, 0.2) is 0 Å². The van der Waals surface area contributed by atoms with Crippen molar-refractivity contribution < 1.29 is 4.92 Å². The van der Waals surface area contributed by atoms with Gasteiger partial charge in [-0.3, -0.25) is 10.1 Å². The maximum absolute atomic E-state index is 11.5. The van der Waals surface area contributed by atoms with Gasteiger partial charge in [-0.1, -0.05) is 76.6 Å². The summed E-state index contributed by atoms with van der Waals surface area (Å²) in [5, 5.41) is 11.5. The van der Waals surface area contributed by atoms with E-state index < -0.39 is 0 Å². The van der Waals surface area contributed by atoms with Gasteiger partial charge in [0.1, 0.15) is 0 Å². The molecule has 3 aromatic carbocycles. The minimum Gasteiger partial charge on any atom is -0.258 e. The predicted octanol–water partition coefficient (Wildman–Crippen LogP) is 5.54. The van der Waals surface area contributed by atoms with Gasteiger partial charge in [-0.2, -0.15) is 0 Å². The summed E-state index contributed by atoms with van der Waals surface area (Å²) in [5.41, 5.74) is 4.11. The van der Waals surface area contributed by atoms with Crippen molar-refractivity contribution in [2.45, 2.75) is 12.8 Å². The fourth-order valence-electron chi connectivity index (χ4n) is 2.81. The number of nitrogens with zero attached hydrogens (tertiary/aromatic N) is 1. The molecule has 0 atom stereocenters. The topological polar surface area (TPSA) is 43.1 Å². The molecule has 0 amide bonds. The Balaban J connectivity index is 2.08. The Morgan fingerprint density at radius 3 is 1.75 bits per heavy atom. The Morgan fingerprint density at radius 2 is 1.25 bits per heavy atom. The van der Waals surface area contributed by atoms with Gasteiger partial charge in [0.25, 0.3) is 5.69 Å². The molecule has 0 saturated heterocycles. The number of hydrogen-bond acceptors (Lipinski definition) is 2. The Kier molecular flexibility index (Phi) is 5.06. The Labute approximate surface area is 149 Å². The van der Waals surface area contributed by atoms with Crippen LogP contribution < -0.4 is 0 Å². The fourth-order valence-corrected chi connectivity index (χ4v) is 3.32. The SMILES string of the molecule is O=[N+]([O-])c1ccc(Br)c(Cc2ccccc2)c1Cc1ccccc1. The minimum absolute atomic E-state index is 0.174. The van der Waals surface area contributed by atoms with E-state index >= 15 is 0 Å². The number of rotatable bonds is 5. The fraction of sp³-hybridized carbons (Fsp3) is 0.100.